The first-order valence-electron chi connectivity index (χ1n) is 5.49. The van der Waals surface area contributed by atoms with E-state index < -0.39 is 0 Å². The quantitative estimate of drug-likeness (QED) is 0.693. The average molecular weight is 209 g/mol. The summed E-state index contributed by atoms with van der Waals surface area (Å²) in [7, 11) is 1.68. The molecule has 0 saturated heterocycles. The second-order valence-electron chi connectivity index (χ2n) is 3.64. The van der Waals surface area contributed by atoms with E-state index in [1.165, 1.54) is 6.42 Å². The molecule has 0 aliphatic carbocycles. The highest BCUT2D eigenvalue weighted by atomic mass is 16.1. The van der Waals surface area contributed by atoms with Gasteiger partial charge < -0.3 is 9.88 Å². The molecule has 0 unspecified atom stereocenters. The molecule has 4 nitrogen and oxygen atoms in total. The highest BCUT2D eigenvalue weighted by molar-refractivity contribution is 5.75. The maximum atomic E-state index is 10.9. The van der Waals surface area contributed by atoms with Gasteiger partial charge in [0, 0.05) is 32.4 Å². The third kappa shape index (κ3) is 5.20. The van der Waals surface area contributed by atoms with Crippen molar-refractivity contribution >= 4 is 5.91 Å². The molecule has 0 aromatic carbocycles. The fraction of sp³-hybridized carbons (Fsp3) is 0.636. The molecule has 0 atom stereocenters. The van der Waals surface area contributed by atoms with E-state index in [9.17, 15) is 4.79 Å². The number of hydrogen-bond donors (Lipinski definition) is 1. The van der Waals surface area contributed by atoms with Crippen molar-refractivity contribution in [3.63, 3.8) is 0 Å². The fourth-order valence-corrected chi connectivity index (χ4v) is 1.48. The van der Waals surface area contributed by atoms with Crippen LogP contribution in [0.25, 0.3) is 0 Å². The van der Waals surface area contributed by atoms with Crippen LogP contribution in [0.15, 0.2) is 18.7 Å². The zero-order valence-electron chi connectivity index (χ0n) is 9.28. The molecule has 15 heavy (non-hydrogen) atoms. The van der Waals surface area contributed by atoms with E-state index in [4.69, 9.17) is 0 Å². The van der Waals surface area contributed by atoms with Crippen molar-refractivity contribution in [3.05, 3.63) is 18.7 Å². The molecule has 0 fully saturated rings. The van der Waals surface area contributed by atoms with E-state index in [0.717, 1.165) is 25.8 Å². The van der Waals surface area contributed by atoms with Gasteiger partial charge >= 0.3 is 0 Å². The number of amides is 1. The normalized spacial score (nSPS) is 10.2. The molecule has 1 rings (SSSR count). The lowest BCUT2D eigenvalue weighted by Crippen LogP contribution is -2.16. The summed E-state index contributed by atoms with van der Waals surface area (Å²) in [6.07, 6.45) is 10.7. The highest BCUT2D eigenvalue weighted by Crippen LogP contribution is 2.04. The van der Waals surface area contributed by atoms with Crippen LogP contribution in [0.3, 0.4) is 0 Å². The summed E-state index contributed by atoms with van der Waals surface area (Å²) < 4.78 is 2.08. The molecular weight excluding hydrogens is 190 g/mol. The van der Waals surface area contributed by atoms with Crippen LogP contribution in [0, 0.1) is 0 Å². The maximum Gasteiger partial charge on any atom is 0.219 e. The summed E-state index contributed by atoms with van der Waals surface area (Å²) in [5.74, 6) is 0.143. The van der Waals surface area contributed by atoms with Crippen molar-refractivity contribution in [2.45, 2.75) is 38.6 Å². The second-order valence-corrected chi connectivity index (χ2v) is 3.64. The number of unbranched alkanes of at least 4 members (excludes halogenated alkanes) is 3. The lowest BCUT2D eigenvalue weighted by molar-refractivity contribution is -0.120. The summed E-state index contributed by atoms with van der Waals surface area (Å²) >= 11 is 0. The number of nitrogens with one attached hydrogen (secondary N) is 1. The average Bonchev–Trinajstić information content (AvgIpc) is 2.75. The van der Waals surface area contributed by atoms with Gasteiger partial charge in [0.2, 0.25) is 5.91 Å². The van der Waals surface area contributed by atoms with E-state index in [1.807, 2.05) is 12.5 Å². The Balaban J connectivity index is 1.91. The van der Waals surface area contributed by atoms with Gasteiger partial charge in [0.1, 0.15) is 0 Å². The van der Waals surface area contributed by atoms with Crippen molar-refractivity contribution < 1.29 is 4.79 Å². The van der Waals surface area contributed by atoms with Crippen LogP contribution in [0.4, 0.5) is 0 Å². The number of hydrogen-bond acceptors (Lipinski definition) is 2. The standard InChI is InChI=1S/C11H19N3O/c1-12-11(15)6-4-2-3-5-8-14-9-7-13-10-14/h7,9-10H,2-6,8H2,1H3,(H,12,15). The SMILES string of the molecule is CNC(=O)CCCCCCn1ccnc1. The van der Waals surface area contributed by atoms with Crippen molar-refractivity contribution in [1.82, 2.24) is 14.9 Å². The van der Waals surface area contributed by atoms with E-state index in [0.29, 0.717) is 6.42 Å². The van der Waals surface area contributed by atoms with E-state index in [1.54, 1.807) is 13.2 Å². The highest BCUT2D eigenvalue weighted by Gasteiger charge is 1.97. The Kier molecular flexibility index (Phi) is 5.51. The zero-order valence-corrected chi connectivity index (χ0v) is 9.28. The second kappa shape index (κ2) is 7.04. The topological polar surface area (TPSA) is 46.9 Å². The molecule has 1 aromatic heterocycles. The summed E-state index contributed by atoms with van der Waals surface area (Å²) in [5.41, 5.74) is 0. The first kappa shape index (κ1) is 11.8. The predicted octanol–water partition coefficient (Wildman–Crippen LogP) is 1.58. The van der Waals surface area contributed by atoms with Crippen molar-refractivity contribution in [1.29, 1.82) is 0 Å². The number of rotatable bonds is 7. The molecule has 0 aliphatic rings. The summed E-state index contributed by atoms with van der Waals surface area (Å²) in [6.45, 7) is 1.03. The van der Waals surface area contributed by atoms with Crippen molar-refractivity contribution in [2.24, 2.45) is 0 Å². The molecule has 1 aromatic rings. The Labute approximate surface area is 90.7 Å². The van der Waals surface area contributed by atoms with Gasteiger partial charge in [-0.05, 0) is 12.8 Å². The van der Waals surface area contributed by atoms with Gasteiger partial charge in [-0.25, -0.2) is 4.98 Å². The molecule has 84 valence electrons. The van der Waals surface area contributed by atoms with Gasteiger partial charge in [0.05, 0.1) is 6.33 Å². The number of imidazole rings is 1. The number of aryl methyl sites for hydroxylation is 1. The molecule has 1 N–H and O–H groups in total. The number of carbonyl (C=O) groups excluding carboxylic acids is 1. The Bertz CT molecular complexity index is 269. The smallest absolute Gasteiger partial charge is 0.219 e. The van der Waals surface area contributed by atoms with Gasteiger partial charge in [0.15, 0.2) is 0 Å². The Morgan fingerprint density at radius 3 is 2.80 bits per heavy atom. The molecule has 4 heteroatoms. The largest absolute Gasteiger partial charge is 0.359 e. The minimum Gasteiger partial charge on any atom is -0.359 e. The molecule has 1 heterocycles. The van der Waals surface area contributed by atoms with Crippen LogP contribution in [-0.2, 0) is 11.3 Å². The van der Waals surface area contributed by atoms with Gasteiger partial charge in [-0.3, -0.25) is 4.79 Å². The molecule has 0 saturated carbocycles. The van der Waals surface area contributed by atoms with Gasteiger partial charge in [0.25, 0.3) is 0 Å². The minimum absolute atomic E-state index is 0.143. The van der Waals surface area contributed by atoms with Crippen molar-refractivity contribution in [2.75, 3.05) is 7.05 Å². The predicted molar refractivity (Wildman–Crippen MR) is 59.4 cm³/mol. The summed E-state index contributed by atoms with van der Waals surface area (Å²) in [5, 5.41) is 2.63. The van der Waals surface area contributed by atoms with Crippen LogP contribution in [0.2, 0.25) is 0 Å². The third-order valence-corrected chi connectivity index (χ3v) is 2.41. The summed E-state index contributed by atoms with van der Waals surface area (Å²) in [4.78, 5) is 14.9. The van der Waals surface area contributed by atoms with E-state index in [2.05, 4.69) is 14.9 Å². The zero-order chi connectivity index (χ0) is 10.9. The molecule has 0 aliphatic heterocycles. The Morgan fingerprint density at radius 2 is 2.13 bits per heavy atom. The third-order valence-electron chi connectivity index (χ3n) is 2.41. The molecular formula is C11H19N3O. The van der Waals surface area contributed by atoms with Crippen LogP contribution in [0.5, 0.6) is 0 Å². The maximum absolute atomic E-state index is 10.9. The van der Waals surface area contributed by atoms with Gasteiger partial charge in [-0.15, -0.1) is 0 Å². The minimum atomic E-state index is 0.143. The monoisotopic (exact) mass is 209 g/mol. The van der Waals surface area contributed by atoms with Crippen LogP contribution in [0.1, 0.15) is 32.1 Å². The first-order valence-corrected chi connectivity index (χ1v) is 5.49. The summed E-state index contributed by atoms with van der Waals surface area (Å²) in [6, 6.07) is 0. The Hall–Kier alpha value is -1.32. The number of carbonyl (C=O) groups is 1. The van der Waals surface area contributed by atoms with Crippen LogP contribution >= 0.6 is 0 Å². The molecule has 0 radical (unpaired) electrons. The first-order chi connectivity index (χ1) is 7.33. The lowest BCUT2D eigenvalue weighted by atomic mass is 10.1. The van der Waals surface area contributed by atoms with E-state index in [-0.39, 0.29) is 5.91 Å². The lowest BCUT2D eigenvalue weighted by Gasteiger charge is -2.02. The van der Waals surface area contributed by atoms with Crippen LogP contribution < -0.4 is 5.32 Å². The Morgan fingerprint density at radius 1 is 1.33 bits per heavy atom. The van der Waals surface area contributed by atoms with E-state index >= 15 is 0 Å². The molecule has 1 amide bonds. The van der Waals surface area contributed by atoms with Gasteiger partial charge in [-0.2, -0.15) is 0 Å². The van der Waals surface area contributed by atoms with Crippen molar-refractivity contribution in [3.8, 4) is 0 Å². The fourth-order valence-electron chi connectivity index (χ4n) is 1.48. The van der Waals surface area contributed by atoms with Crippen LogP contribution in [-0.4, -0.2) is 22.5 Å². The molecule has 0 spiro atoms. The van der Waals surface area contributed by atoms with Gasteiger partial charge in [-0.1, -0.05) is 12.8 Å². The number of nitrogens with zero attached hydrogens (tertiary/aromatic N) is 2. The number of aromatic nitrogens is 2. The molecule has 0 bridgehead atoms.